The standard InChI is InChI=1S/C22H18FN5O3/c1-27-10-15(9-24-27)13-2-5-16(6-3-13)22(20(30)25-21(31)26-22)12-28-11-14-4-7-17(23)8-18(14)19(28)29/h2-10H,11-12H2,1H3,(H2,25,26,30,31). The van der Waals surface area contributed by atoms with E-state index in [1.807, 2.05) is 25.4 Å². The molecule has 8 nitrogen and oxygen atoms in total. The van der Waals surface area contributed by atoms with Crippen molar-refractivity contribution in [3.05, 3.63) is 77.4 Å². The molecule has 1 atom stereocenters. The Hall–Kier alpha value is -4.01. The normalized spacial score (nSPS) is 20.1. The smallest absolute Gasteiger partial charge is 0.322 e. The summed E-state index contributed by atoms with van der Waals surface area (Å²) >= 11 is 0. The average molecular weight is 419 g/mol. The molecule has 3 aromatic rings. The number of hydrogen-bond donors (Lipinski definition) is 2. The monoisotopic (exact) mass is 419 g/mol. The molecule has 2 aliphatic rings. The van der Waals surface area contributed by atoms with Gasteiger partial charge in [0, 0.05) is 30.9 Å². The third kappa shape index (κ3) is 3.05. The SMILES string of the molecule is Cn1cc(-c2ccc(C3(CN4Cc5ccc(F)cc5C4=O)NC(=O)NC3=O)cc2)cn1. The summed E-state index contributed by atoms with van der Waals surface area (Å²) in [5.74, 6) is -1.42. The first-order chi connectivity index (χ1) is 14.9. The number of rotatable bonds is 4. The van der Waals surface area contributed by atoms with Gasteiger partial charge >= 0.3 is 6.03 Å². The molecule has 0 spiro atoms. The molecule has 1 saturated heterocycles. The number of carbonyl (C=O) groups excluding carboxylic acids is 3. The maximum atomic E-state index is 13.6. The van der Waals surface area contributed by atoms with Crippen molar-refractivity contribution in [1.29, 1.82) is 0 Å². The van der Waals surface area contributed by atoms with Gasteiger partial charge in [-0.05, 0) is 28.8 Å². The van der Waals surface area contributed by atoms with E-state index in [1.165, 1.54) is 17.0 Å². The number of nitrogens with zero attached hydrogens (tertiary/aromatic N) is 3. The Kier molecular flexibility index (Phi) is 4.14. The van der Waals surface area contributed by atoms with E-state index in [0.29, 0.717) is 11.1 Å². The van der Waals surface area contributed by atoms with Gasteiger partial charge in [-0.1, -0.05) is 30.3 Å². The molecule has 2 N–H and O–H groups in total. The highest BCUT2D eigenvalue weighted by atomic mass is 19.1. The molecule has 1 aromatic heterocycles. The molecular weight excluding hydrogens is 401 g/mol. The lowest BCUT2D eigenvalue weighted by Crippen LogP contribution is -2.52. The van der Waals surface area contributed by atoms with Gasteiger partial charge in [-0.2, -0.15) is 5.10 Å². The van der Waals surface area contributed by atoms with E-state index in [0.717, 1.165) is 11.1 Å². The van der Waals surface area contributed by atoms with Crippen molar-refractivity contribution in [2.75, 3.05) is 6.54 Å². The minimum absolute atomic E-state index is 0.0774. The lowest BCUT2D eigenvalue weighted by molar-refractivity contribution is -0.124. The number of aryl methyl sites for hydroxylation is 1. The largest absolute Gasteiger partial charge is 0.331 e. The Labute approximate surface area is 176 Å². The number of benzene rings is 2. The quantitative estimate of drug-likeness (QED) is 0.632. The van der Waals surface area contributed by atoms with Gasteiger partial charge in [-0.3, -0.25) is 19.6 Å². The molecule has 2 aromatic carbocycles. The molecular formula is C22H18FN5O3. The molecule has 3 heterocycles. The van der Waals surface area contributed by atoms with Crippen LogP contribution in [-0.2, 0) is 23.9 Å². The van der Waals surface area contributed by atoms with E-state index < -0.39 is 23.3 Å². The zero-order valence-electron chi connectivity index (χ0n) is 16.6. The van der Waals surface area contributed by atoms with E-state index in [-0.39, 0.29) is 24.6 Å². The highest BCUT2D eigenvalue weighted by Crippen LogP contribution is 2.32. The lowest BCUT2D eigenvalue weighted by atomic mass is 9.88. The van der Waals surface area contributed by atoms with Crippen LogP contribution in [-0.4, -0.2) is 39.1 Å². The van der Waals surface area contributed by atoms with Crippen molar-refractivity contribution < 1.29 is 18.8 Å². The number of carbonyl (C=O) groups is 3. The van der Waals surface area contributed by atoms with Crippen molar-refractivity contribution in [2.45, 2.75) is 12.1 Å². The highest BCUT2D eigenvalue weighted by molar-refractivity contribution is 6.08. The van der Waals surface area contributed by atoms with Crippen LogP contribution in [0.4, 0.5) is 9.18 Å². The third-order valence-electron chi connectivity index (χ3n) is 5.74. The van der Waals surface area contributed by atoms with Crippen molar-refractivity contribution in [1.82, 2.24) is 25.3 Å². The first-order valence-corrected chi connectivity index (χ1v) is 9.66. The molecule has 0 radical (unpaired) electrons. The second-order valence-corrected chi connectivity index (χ2v) is 7.76. The molecule has 0 saturated carbocycles. The second-order valence-electron chi connectivity index (χ2n) is 7.76. The summed E-state index contributed by atoms with van der Waals surface area (Å²) in [5, 5.41) is 9.13. The molecule has 1 unspecified atom stereocenters. The number of imide groups is 1. The van der Waals surface area contributed by atoms with Crippen molar-refractivity contribution in [3.8, 4) is 11.1 Å². The van der Waals surface area contributed by atoms with Crippen LogP contribution < -0.4 is 10.6 Å². The predicted octanol–water partition coefficient (Wildman–Crippen LogP) is 1.92. The zero-order valence-corrected chi connectivity index (χ0v) is 16.6. The summed E-state index contributed by atoms with van der Waals surface area (Å²) < 4.78 is 15.3. The Bertz CT molecular complexity index is 1240. The van der Waals surface area contributed by atoms with Gasteiger partial charge < -0.3 is 10.2 Å². The summed E-state index contributed by atoms with van der Waals surface area (Å²) in [7, 11) is 1.82. The Morgan fingerprint density at radius 3 is 2.52 bits per heavy atom. The van der Waals surface area contributed by atoms with Gasteiger partial charge in [0.2, 0.25) is 0 Å². The first-order valence-electron chi connectivity index (χ1n) is 9.66. The van der Waals surface area contributed by atoms with Crippen molar-refractivity contribution >= 4 is 17.8 Å². The van der Waals surface area contributed by atoms with Gasteiger partial charge in [0.05, 0.1) is 12.7 Å². The van der Waals surface area contributed by atoms with Gasteiger partial charge in [-0.25, -0.2) is 9.18 Å². The second kappa shape index (κ2) is 6.76. The number of fused-ring (bicyclic) bond motifs is 1. The fraction of sp³-hybridized carbons (Fsp3) is 0.182. The topological polar surface area (TPSA) is 96.3 Å². The van der Waals surface area contributed by atoms with Crippen LogP contribution in [0.15, 0.2) is 54.9 Å². The number of amides is 4. The minimum atomic E-state index is -1.44. The number of halogens is 1. The van der Waals surface area contributed by atoms with E-state index >= 15 is 0 Å². The Morgan fingerprint density at radius 2 is 1.87 bits per heavy atom. The first kappa shape index (κ1) is 19.0. The summed E-state index contributed by atoms with van der Waals surface area (Å²) in [6.07, 6.45) is 3.60. The van der Waals surface area contributed by atoms with Crippen LogP contribution in [0.5, 0.6) is 0 Å². The van der Waals surface area contributed by atoms with Gasteiger partial charge in [-0.15, -0.1) is 0 Å². The third-order valence-corrected chi connectivity index (χ3v) is 5.74. The van der Waals surface area contributed by atoms with Crippen LogP contribution >= 0.6 is 0 Å². The van der Waals surface area contributed by atoms with Crippen molar-refractivity contribution in [2.24, 2.45) is 7.05 Å². The highest BCUT2D eigenvalue weighted by Gasteiger charge is 2.50. The fourth-order valence-corrected chi connectivity index (χ4v) is 4.16. The summed E-state index contributed by atoms with van der Waals surface area (Å²) in [5.41, 5.74) is 1.86. The molecule has 0 bridgehead atoms. The molecule has 156 valence electrons. The predicted molar refractivity (Wildman–Crippen MR) is 108 cm³/mol. The Balaban J connectivity index is 1.49. The Morgan fingerprint density at radius 1 is 1.10 bits per heavy atom. The minimum Gasteiger partial charge on any atom is -0.331 e. The van der Waals surface area contributed by atoms with Crippen LogP contribution in [0.3, 0.4) is 0 Å². The zero-order chi connectivity index (χ0) is 21.8. The van der Waals surface area contributed by atoms with E-state index in [4.69, 9.17) is 0 Å². The number of urea groups is 1. The van der Waals surface area contributed by atoms with Gasteiger partial charge in [0.25, 0.3) is 11.8 Å². The van der Waals surface area contributed by atoms with Crippen LogP contribution in [0.25, 0.3) is 11.1 Å². The van der Waals surface area contributed by atoms with E-state index in [2.05, 4.69) is 15.7 Å². The molecule has 2 aliphatic heterocycles. The van der Waals surface area contributed by atoms with Gasteiger partial charge in [0.15, 0.2) is 5.54 Å². The number of nitrogens with one attached hydrogen (secondary N) is 2. The van der Waals surface area contributed by atoms with Crippen molar-refractivity contribution in [3.63, 3.8) is 0 Å². The summed E-state index contributed by atoms with van der Waals surface area (Å²) in [4.78, 5) is 39.2. The van der Waals surface area contributed by atoms with E-state index in [1.54, 1.807) is 29.1 Å². The molecule has 9 heteroatoms. The van der Waals surface area contributed by atoms with Crippen LogP contribution in [0.1, 0.15) is 21.5 Å². The van der Waals surface area contributed by atoms with Crippen LogP contribution in [0.2, 0.25) is 0 Å². The molecule has 31 heavy (non-hydrogen) atoms. The summed E-state index contributed by atoms with van der Waals surface area (Å²) in [6, 6.07) is 10.6. The molecule has 0 aliphatic carbocycles. The number of hydrogen-bond acceptors (Lipinski definition) is 4. The number of aromatic nitrogens is 2. The van der Waals surface area contributed by atoms with E-state index in [9.17, 15) is 18.8 Å². The molecule has 1 fully saturated rings. The molecule has 4 amide bonds. The van der Waals surface area contributed by atoms with Gasteiger partial charge in [0.1, 0.15) is 5.82 Å². The average Bonchev–Trinajstić information content (AvgIpc) is 3.39. The molecule has 5 rings (SSSR count). The van der Waals surface area contributed by atoms with Crippen LogP contribution in [0, 0.1) is 5.82 Å². The lowest BCUT2D eigenvalue weighted by Gasteiger charge is -2.31. The summed E-state index contributed by atoms with van der Waals surface area (Å²) in [6.45, 7) is 0.152. The maximum Gasteiger partial charge on any atom is 0.322 e. The fourth-order valence-electron chi connectivity index (χ4n) is 4.16. The maximum absolute atomic E-state index is 13.6.